The maximum Gasteiger partial charge on any atom is 0.165 e. The quantitative estimate of drug-likeness (QED) is 0.771. The zero-order chi connectivity index (χ0) is 10.7. The van der Waals surface area contributed by atoms with Gasteiger partial charge in [-0.1, -0.05) is 43.0 Å². The summed E-state index contributed by atoms with van der Waals surface area (Å²) in [7, 11) is 0. The van der Waals surface area contributed by atoms with E-state index < -0.39 is 0 Å². The third-order valence-corrected chi connectivity index (χ3v) is 2.22. The highest BCUT2D eigenvalue weighted by Crippen LogP contribution is 2.34. The summed E-state index contributed by atoms with van der Waals surface area (Å²) in [5.41, 5.74) is 0. The third-order valence-electron chi connectivity index (χ3n) is 2.22. The number of aromatic hydroxyl groups is 1. The zero-order valence-electron chi connectivity index (χ0n) is 8.31. The van der Waals surface area contributed by atoms with Crippen LogP contribution in [0.2, 0.25) is 0 Å². The van der Waals surface area contributed by atoms with Crippen LogP contribution in [-0.4, -0.2) is 11.7 Å². The number of hydrogen-bond acceptors (Lipinski definition) is 2. The van der Waals surface area contributed by atoms with Crippen LogP contribution in [0.25, 0.3) is 10.8 Å². The molecule has 0 aliphatic carbocycles. The first-order valence-electron chi connectivity index (χ1n) is 4.77. The number of ether oxygens (including phenoxy) is 1. The van der Waals surface area contributed by atoms with Gasteiger partial charge in [-0.15, -0.1) is 0 Å². The van der Waals surface area contributed by atoms with Gasteiger partial charge in [-0.3, -0.25) is 0 Å². The molecule has 0 spiro atoms. The molecule has 0 amide bonds. The van der Waals surface area contributed by atoms with Crippen LogP contribution in [0, 0.1) is 0 Å². The number of rotatable bonds is 3. The van der Waals surface area contributed by atoms with Gasteiger partial charge >= 0.3 is 0 Å². The Bertz CT molecular complexity index is 489. The van der Waals surface area contributed by atoms with E-state index in [2.05, 4.69) is 6.58 Å². The second-order valence-electron chi connectivity index (χ2n) is 3.23. The first-order valence-corrected chi connectivity index (χ1v) is 4.77. The van der Waals surface area contributed by atoms with Crippen molar-refractivity contribution in [3.8, 4) is 11.5 Å². The Hall–Kier alpha value is -1.96. The van der Waals surface area contributed by atoms with E-state index in [1.54, 1.807) is 12.1 Å². The maximum absolute atomic E-state index is 9.92. The topological polar surface area (TPSA) is 29.5 Å². The lowest BCUT2D eigenvalue weighted by molar-refractivity contribution is 0.338. The predicted molar refractivity (Wildman–Crippen MR) is 61.3 cm³/mol. The molecule has 15 heavy (non-hydrogen) atoms. The Morgan fingerprint density at radius 2 is 2.00 bits per heavy atom. The molecule has 0 radical (unpaired) electrons. The van der Waals surface area contributed by atoms with Crippen molar-refractivity contribution in [3.05, 3.63) is 49.1 Å². The first kappa shape index (κ1) is 9.59. The van der Waals surface area contributed by atoms with E-state index in [4.69, 9.17) is 4.74 Å². The lowest BCUT2D eigenvalue weighted by atomic mass is 10.1. The molecule has 0 unspecified atom stereocenters. The van der Waals surface area contributed by atoms with Gasteiger partial charge in [-0.25, -0.2) is 0 Å². The second kappa shape index (κ2) is 4.05. The predicted octanol–water partition coefficient (Wildman–Crippen LogP) is 3.11. The normalized spacial score (nSPS) is 10.1. The highest BCUT2D eigenvalue weighted by Gasteiger charge is 2.05. The van der Waals surface area contributed by atoms with E-state index >= 15 is 0 Å². The molecule has 2 aromatic carbocycles. The Morgan fingerprint density at radius 1 is 1.20 bits per heavy atom. The molecule has 0 fully saturated rings. The Balaban J connectivity index is 2.50. The van der Waals surface area contributed by atoms with E-state index in [9.17, 15) is 5.11 Å². The average Bonchev–Trinajstić information content (AvgIpc) is 2.29. The van der Waals surface area contributed by atoms with Gasteiger partial charge in [0.1, 0.15) is 6.61 Å². The molecule has 0 aliphatic heterocycles. The van der Waals surface area contributed by atoms with Crippen LogP contribution in [0.5, 0.6) is 11.5 Å². The molecule has 0 saturated heterocycles. The summed E-state index contributed by atoms with van der Waals surface area (Å²) in [6.45, 7) is 3.96. The van der Waals surface area contributed by atoms with Crippen molar-refractivity contribution in [1.82, 2.24) is 0 Å². The summed E-state index contributed by atoms with van der Waals surface area (Å²) in [6, 6.07) is 11.3. The van der Waals surface area contributed by atoms with Gasteiger partial charge < -0.3 is 9.84 Å². The highest BCUT2D eigenvalue weighted by atomic mass is 16.5. The smallest absolute Gasteiger partial charge is 0.165 e. The summed E-state index contributed by atoms with van der Waals surface area (Å²) in [5, 5.41) is 11.7. The summed E-state index contributed by atoms with van der Waals surface area (Å²) < 4.78 is 5.33. The molecule has 2 nitrogen and oxygen atoms in total. The van der Waals surface area contributed by atoms with Crippen LogP contribution in [0.4, 0.5) is 0 Å². The van der Waals surface area contributed by atoms with Gasteiger partial charge in [0.25, 0.3) is 0 Å². The number of fused-ring (bicyclic) bond motifs is 1. The minimum absolute atomic E-state index is 0.190. The Labute approximate surface area is 88.4 Å². The van der Waals surface area contributed by atoms with Crippen molar-refractivity contribution in [1.29, 1.82) is 0 Å². The van der Waals surface area contributed by atoms with Crippen molar-refractivity contribution in [2.24, 2.45) is 0 Å². The van der Waals surface area contributed by atoms with E-state index in [1.807, 2.05) is 30.3 Å². The minimum Gasteiger partial charge on any atom is -0.504 e. The standard InChI is InChI=1S/C13H12O2/c1-2-9-15-12-8-7-10-5-3-4-6-11(10)13(12)14/h2-8,14H,1,9H2. The van der Waals surface area contributed by atoms with Crippen LogP contribution in [0.15, 0.2) is 49.1 Å². The summed E-state index contributed by atoms with van der Waals surface area (Å²) in [5.74, 6) is 0.684. The van der Waals surface area contributed by atoms with Crippen molar-refractivity contribution in [2.75, 3.05) is 6.61 Å². The monoisotopic (exact) mass is 200 g/mol. The molecule has 0 heterocycles. The number of phenols is 1. The SMILES string of the molecule is C=CCOc1ccc2ccccc2c1O. The van der Waals surface area contributed by atoms with E-state index in [-0.39, 0.29) is 5.75 Å². The molecule has 0 aromatic heterocycles. The fourth-order valence-electron chi connectivity index (χ4n) is 1.50. The fraction of sp³-hybridized carbons (Fsp3) is 0.0769. The zero-order valence-corrected chi connectivity index (χ0v) is 8.31. The maximum atomic E-state index is 9.92. The number of benzene rings is 2. The van der Waals surface area contributed by atoms with E-state index in [0.29, 0.717) is 12.4 Å². The molecule has 0 bridgehead atoms. The van der Waals surface area contributed by atoms with Gasteiger partial charge in [0.2, 0.25) is 0 Å². The molecule has 2 aromatic rings. The fourth-order valence-corrected chi connectivity index (χ4v) is 1.50. The highest BCUT2D eigenvalue weighted by molar-refractivity contribution is 5.90. The lowest BCUT2D eigenvalue weighted by Crippen LogP contribution is -1.93. The van der Waals surface area contributed by atoms with E-state index in [1.165, 1.54) is 0 Å². The molecule has 76 valence electrons. The van der Waals surface area contributed by atoms with E-state index in [0.717, 1.165) is 10.8 Å². The molecule has 0 aliphatic rings. The van der Waals surface area contributed by atoms with Gasteiger partial charge in [0, 0.05) is 5.39 Å². The van der Waals surface area contributed by atoms with Crippen LogP contribution in [0.1, 0.15) is 0 Å². The Morgan fingerprint density at radius 3 is 2.80 bits per heavy atom. The van der Waals surface area contributed by atoms with Crippen molar-refractivity contribution in [2.45, 2.75) is 0 Å². The molecular weight excluding hydrogens is 188 g/mol. The lowest BCUT2D eigenvalue weighted by Gasteiger charge is -2.08. The summed E-state index contributed by atoms with van der Waals surface area (Å²) in [6.07, 6.45) is 1.65. The third kappa shape index (κ3) is 1.79. The number of hydrogen-bond donors (Lipinski definition) is 1. The molecule has 2 heteroatoms. The van der Waals surface area contributed by atoms with Crippen molar-refractivity contribution < 1.29 is 9.84 Å². The number of phenolic OH excluding ortho intramolecular Hbond substituents is 1. The van der Waals surface area contributed by atoms with Crippen molar-refractivity contribution in [3.63, 3.8) is 0 Å². The summed E-state index contributed by atoms with van der Waals surface area (Å²) >= 11 is 0. The minimum atomic E-state index is 0.190. The molecular formula is C13H12O2. The Kier molecular flexibility index (Phi) is 2.59. The average molecular weight is 200 g/mol. The molecule has 0 saturated carbocycles. The molecule has 0 atom stereocenters. The largest absolute Gasteiger partial charge is 0.504 e. The van der Waals surface area contributed by atoms with Crippen LogP contribution >= 0.6 is 0 Å². The van der Waals surface area contributed by atoms with Crippen molar-refractivity contribution >= 4 is 10.8 Å². The van der Waals surface area contributed by atoms with Crippen LogP contribution in [-0.2, 0) is 0 Å². The van der Waals surface area contributed by atoms with Gasteiger partial charge in [0.15, 0.2) is 11.5 Å². The van der Waals surface area contributed by atoms with Gasteiger partial charge in [-0.05, 0) is 11.5 Å². The van der Waals surface area contributed by atoms with Gasteiger partial charge in [0.05, 0.1) is 0 Å². The summed E-state index contributed by atoms with van der Waals surface area (Å²) in [4.78, 5) is 0. The molecule has 1 N–H and O–H groups in total. The molecule has 2 rings (SSSR count). The van der Waals surface area contributed by atoms with Crippen LogP contribution < -0.4 is 4.74 Å². The first-order chi connectivity index (χ1) is 7.33. The van der Waals surface area contributed by atoms with Gasteiger partial charge in [-0.2, -0.15) is 0 Å². The second-order valence-corrected chi connectivity index (χ2v) is 3.23. The van der Waals surface area contributed by atoms with Crippen LogP contribution in [0.3, 0.4) is 0 Å².